The molecule has 2 amide bonds. The second-order valence-electron chi connectivity index (χ2n) is 8.12. The summed E-state index contributed by atoms with van der Waals surface area (Å²) in [5.41, 5.74) is 5.57. The van der Waals surface area contributed by atoms with E-state index in [1.165, 1.54) is 10.4 Å². The van der Waals surface area contributed by atoms with Crippen molar-refractivity contribution in [2.24, 2.45) is 0 Å². The Balaban J connectivity index is 1.23. The Morgan fingerprint density at radius 1 is 1.13 bits per heavy atom. The number of nitrogens with zero attached hydrogens (tertiary/aromatic N) is 3. The lowest BCUT2D eigenvalue weighted by Crippen LogP contribution is -2.36. The van der Waals surface area contributed by atoms with Crippen molar-refractivity contribution < 1.29 is 9.59 Å². The molecule has 6 nitrogen and oxygen atoms in total. The van der Waals surface area contributed by atoms with Crippen LogP contribution in [0.2, 0.25) is 0 Å². The van der Waals surface area contributed by atoms with E-state index in [0.717, 1.165) is 35.5 Å². The topological polar surface area (TPSA) is 67.2 Å². The number of benzene rings is 1. The Labute approximate surface area is 186 Å². The lowest BCUT2D eigenvalue weighted by atomic mass is 10.1. The highest BCUT2D eigenvalue weighted by Crippen LogP contribution is 2.24. The van der Waals surface area contributed by atoms with Gasteiger partial charge in [0.25, 0.3) is 0 Å². The van der Waals surface area contributed by atoms with Crippen LogP contribution < -0.4 is 5.32 Å². The highest BCUT2D eigenvalue weighted by molar-refractivity contribution is 7.10. The van der Waals surface area contributed by atoms with Crippen LogP contribution in [0.1, 0.15) is 45.8 Å². The van der Waals surface area contributed by atoms with E-state index in [2.05, 4.69) is 47.0 Å². The summed E-state index contributed by atoms with van der Waals surface area (Å²) in [6.45, 7) is 6.62. The fourth-order valence-corrected chi connectivity index (χ4v) is 4.86. The van der Waals surface area contributed by atoms with Gasteiger partial charge in [0.15, 0.2) is 0 Å². The summed E-state index contributed by atoms with van der Waals surface area (Å²) in [6, 6.07) is 12.3. The zero-order chi connectivity index (χ0) is 21.8. The molecule has 3 aromatic rings. The molecule has 0 radical (unpaired) electrons. The summed E-state index contributed by atoms with van der Waals surface area (Å²) in [7, 11) is 0. The molecular weight excluding hydrogens is 408 g/mol. The number of hydrogen-bond donors (Lipinski definition) is 1. The van der Waals surface area contributed by atoms with Crippen molar-refractivity contribution in [1.82, 2.24) is 20.0 Å². The molecule has 0 aliphatic carbocycles. The quantitative estimate of drug-likeness (QED) is 0.615. The minimum Gasteiger partial charge on any atom is -0.352 e. The van der Waals surface area contributed by atoms with Crippen molar-refractivity contribution in [1.29, 1.82) is 0 Å². The molecule has 4 rings (SSSR count). The maximum atomic E-state index is 12.5. The van der Waals surface area contributed by atoms with E-state index in [-0.39, 0.29) is 24.7 Å². The smallest absolute Gasteiger partial charge is 0.223 e. The van der Waals surface area contributed by atoms with Crippen molar-refractivity contribution in [3.8, 4) is 0 Å². The maximum Gasteiger partial charge on any atom is 0.223 e. The van der Waals surface area contributed by atoms with Gasteiger partial charge in [0, 0.05) is 43.0 Å². The minimum atomic E-state index is -0.0921. The third-order valence-corrected chi connectivity index (χ3v) is 6.67. The Hall–Kier alpha value is -2.93. The van der Waals surface area contributed by atoms with Gasteiger partial charge in [-0.15, -0.1) is 11.3 Å². The highest BCUT2D eigenvalue weighted by atomic mass is 32.1. The van der Waals surface area contributed by atoms with Gasteiger partial charge in [0.05, 0.1) is 12.2 Å². The van der Waals surface area contributed by atoms with E-state index < -0.39 is 0 Å². The molecule has 0 saturated heterocycles. The Morgan fingerprint density at radius 2 is 1.97 bits per heavy atom. The third-order valence-electron chi connectivity index (χ3n) is 5.64. The predicted molar refractivity (Wildman–Crippen MR) is 122 cm³/mol. The summed E-state index contributed by atoms with van der Waals surface area (Å²) in [6.07, 6.45) is 1.39. The zero-order valence-electron chi connectivity index (χ0n) is 18.1. The summed E-state index contributed by atoms with van der Waals surface area (Å²) >= 11 is 1.76. The van der Waals surface area contributed by atoms with Gasteiger partial charge in [0.1, 0.15) is 0 Å². The van der Waals surface area contributed by atoms with Crippen LogP contribution in [0.15, 0.2) is 41.8 Å². The summed E-state index contributed by atoms with van der Waals surface area (Å²) < 4.78 is 1.98. The first-order valence-electron chi connectivity index (χ1n) is 10.7. The van der Waals surface area contributed by atoms with Crippen molar-refractivity contribution in [3.05, 3.63) is 74.7 Å². The van der Waals surface area contributed by atoms with Crippen LogP contribution in [-0.4, -0.2) is 33.0 Å². The number of nitrogens with one attached hydrogen (secondary N) is 1. The lowest BCUT2D eigenvalue weighted by molar-refractivity contribution is -0.134. The molecule has 0 bridgehead atoms. The van der Waals surface area contributed by atoms with Crippen LogP contribution >= 0.6 is 11.3 Å². The molecule has 1 N–H and O–H groups in total. The van der Waals surface area contributed by atoms with Gasteiger partial charge >= 0.3 is 0 Å². The zero-order valence-corrected chi connectivity index (χ0v) is 18.9. The number of aryl methyl sites for hydroxylation is 2. The monoisotopic (exact) mass is 436 g/mol. The van der Waals surface area contributed by atoms with Crippen LogP contribution in [0.25, 0.3) is 0 Å². The normalized spacial score (nSPS) is 13.2. The van der Waals surface area contributed by atoms with Crippen molar-refractivity contribution in [2.75, 3.05) is 6.54 Å². The number of amides is 2. The summed E-state index contributed by atoms with van der Waals surface area (Å²) in [5, 5.41) is 9.54. The van der Waals surface area contributed by atoms with E-state index >= 15 is 0 Å². The van der Waals surface area contributed by atoms with Crippen LogP contribution in [0, 0.1) is 13.8 Å². The number of hydrogen-bond acceptors (Lipinski definition) is 4. The van der Waals surface area contributed by atoms with Gasteiger partial charge in [-0.05, 0) is 54.5 Å². The Kier molecular flexibility index (Phi) is 6.51. The summed E-state index contributed by atoms with van der Waals surface area (Å²) in [5.74, 6) is -0.0376. The first-order chi connectivity index (χ1) is 15.0. The molecule has 3 heterocycles. The second kappa shape index (κ2) is 9.47. The first-order valence-corrected chi connectivity index (χ1v) is 11.5. The molecule has 1 aliphatic heterocycles. The molecular formula is C24H28N4O2S. The fraction of sp³-hybridized carbons (Fsp3) is 0.375. The number of carbonyl (C=O) groups is 2. The maximum absolute atomic E-state index is 12.5. The number of rotatable bonds is 7. The minimum absolute atomic E-state index is 0.0545. The predicted octanol–water partition coefficient (Wildman–Crippen LogP) is 3.59. The molecule has 31 heavy (non-hydrogen) atoms. The van der Waals surface area contributed by atoms with Gasteiger partial charge in [-0.25, -0.2) is 0 Å². The average Bonchev–Trinajstić information content (AvgIpc) is 3.35. The molecule has 7 heteroatoms. The number of aromatic nitrogens is 2. The fourth-order valence-electron chi connectivity index (χ4n) is 3.97. The van der Waals surface area contributed by atoms with E-state index in [0.29, 0.717) is 19.6 Å². The van der Waals surface area contributed by atoms with E-state index in [4.69, 9.17) is 0 Å². The van der Waals surface area contributed by atoms with Crippen LogP contribution in [0.3, 0.4) is 0 Å². The molecule has 0 atom stereocenters. The Bertz CT molecular complexity index is 1080. The lowest BCUT2D eigenvalue weighted by Gasteiger charge is -2.27. The van der Waals surface area contributed by atoms with Gasteiger partial charge in [-0.2, -0.15) is 5.10 Å². The first kappa shape index (κ1) is 21.3. The van der Waals surface area contributed by atoms with Crippen molar-refractivity contribution >= 4 is 23.2 Å². The summed E-state index contributed by atoms with van der Waals surface area (Å²) in [4.78, 5) is 28.0. The molecule has 1 aromatic carbocycles. The van der Waals surface area contributed by atoms with Crippen molar-refractivity contribution in [2.45, 2.75) is 52.7 Å². The molecule has 0 fully saturated rings. The number of thiophene rings is 1. The standard InChI is InChI=1S/C24H28N4O2S/c1-17-12-18(2)28(26-17)15-20-5-3-4-19(13-20)14-25-23(29)6-7-24(30)27-10-8-22-21(16-27)9-11-31-22/h3-5,9,11-13H,6-8,10,14-16H2,1-2H3,(H,25,29). The van der Waals surface area contributed by atoms with Crippen molar-refractivity contribution in [3.63, 3.8) is 0 Å². The Morgan fingerprint density at radius 3 is 2.77 bits per heavy atom. The van der Waals surface area contributed by atoms with E-state index in [9.17, 15) is 9.59 Å². The second-order valence-corrected chi connectivity index (χ2v) is 9.12. The van der Waals surface area contributed by atoms with Gasteiger partial charge in [-0.3, -0.25) is 14.3 Å². The largest absolute Gasteiger partial charge is 0.352 e. The molecule has 1 aliphatic rings. The number of carbonyl (C=O) groups excluding carboxylic acids is 2. The number of fused-ring (bicyclic) bond motifs is 1. The molecule has 0 unspecified atom stereocenters. The molecule has 162 valence electrons. The molecule has 0 spiro atoms. The third kappa shape index (κ3) is 5.41. The van der Waals surface area contributed by atoms with Gasteiger partial charge in [-0.1, -0.05) is 24.3 Å². The molecule has 2 aromatic heterocycles. The highest BCUT2D eigenvalue weighted by Gasteiger charge is 2.21. The molecule has 0 saturated carbocycles. The SMILES string of the molecule is Cc1cc(C)n(Cc2cccc(CNC(=O)CCC(=O)N3CCc4sccc4C3)c2)n1. The van der Waals surface area contributed by atoms with Crippen LogP contribution in [0.4, 0.5) is 0 Å². The van der Waals surface area contributed by atoms with E-state index in [1.54, 1.807) is 11.3 Å². The van der Waals surface area contributed by atoms with Crippen LogP contribution in [0.5, 0.6) is 0 Å². The van der Waals surface area contributed by atoms with Crippen LogP contribution in [-0.2, 0) is 35.6 Å². The van der Waals surface area contributed by atoms with Gasteiger partial charge in [0.2, 0.25) is 11.8 Å². The van der Waals surface area contributed by atoms with Gasteiger partial charge < -0.3 is 10.2 Å². The average molecular weight is 437 g/mol. The van der Waals surface area contributed by atoms with E-state index in [1.807, 2.05) is 28.6 Å².